The minimum Gasteiger partial charge on any atom is -0.364 e. The molecule has 0 spiro atoms. The molecular weight excluding hydrogens is 254 g/mol. The predicted octanol–water partition coefficient (Wildman–Crippen LogP) is 1.24. The molecule has 1 aliphatic rings. The van der Waals surface area contributed by atoms with E-state index in [2.05, 4.69) is 11.4 Å². The Morgan fingerprint density at radius 2 is 2.20 bits per heavy atom. The third-order valence-corrected chi connectivity index (χ3v) is 3.56. The van der Waals surface area contributed by atoms with E-state index < -0.39 is 6.10 Å². The summed E-state index contributed by atoms with van der Waals surface area (Å²) < 4.78 is 5.57. The molecule has 0 aliphatic carbocycles. The van der Waals surface area contributed by atoms with Crippen molar-refractivity contribution in [2.24, 2.45) is 5.73 Å². The Bertz CT molecular complexity index is 507. The highest BCUT2D eigenvalue weighted by molar-refractivity contribution is 5.81. The van der Waals surface area contributed by atoms with Gasteiger partial charge in [-0.1, -0.05) is 12.1 Å². The largest absolute Gasteiger partial charge is 0.364 e. The van der Waals surface area contributed by atoms with Crippen LogP contribution in [0.2, 0.25) is 0 Å². The van der Waals surface area contributed by atoms with Crippen LogP contribution >= 0.6 is 0 Å². The van der Waals surface area contributed by atoms with Gasteiger partial charge in [0.2, 0.25) is 5.91 Å². The summed E-state index contributed by atoms with van der Waals surface area (Å²) in [6, 6.07) is 9.14. The van der Waals surface area contributed by atoms with Crippen LogP contribution in [0.25, 0.3) is 0 Å². The van der Waals surface area contributed by atoms with Crippen molar-refractivity contribution in [3.63, 3.8) is 0 Å². The Labute approximate surface area is 118 Å². The maximum absolute atomic E-state index is 12.1. The van der Waals surface area contributed by atoms with Crippen LogP contribution in [0.3, 0.4) is 0 Å². The number of hydrogen-bond acceptors (Lipinski definition) is 4. The molecule has 1 aromatic rings. The molecule has 0 bridgehead atoms. The van der Waals surface area contributed by atoms with Crippen LogP contribution < -0.4 is 11.1 Å². The fraction of sp³-hybridized carbons (Fsp3) is 0.467. The van der Waals surface area contributed by atoms with Gasteiger partial charge in [-0.2, -0.15) is 5.26 Å². The molecule has 1 aliphatic heterocycles. The molecule has 3 unspecified atom stereocenters. The lowest BCUT2D eigenvalue weighted by molar-refractivity contribution is -0.132. The third-order valence-electron chi connectivity index (χ3n) is 3.56. The van der Waals surface area contributed by atoms with Crippen molar-refractivity contribution in [2.45, 2.75) is 38.0 Å². The van der Waals surface area contributed by atoms with E-state index in [4.69, 9.17) is 15.7 Å². The van der Waals surface area contributed by atoms with Crippen molar-refractivity contribution in [1.82, 2.24) is 5.32 Å². The summed E-state index contributed by atoms with van der Waals surface area (Å²) in [5.41, 5.74) is 7.10. The monoisotopic (exact) mass is 273 g/mol. The molecule has 5 heteroatoms. The molecule has 1 heterocycles. The van der Waals surface area contributed by atoms with Crippen molar-refractivity contribution < 1.29 is 9.53 Å². The maximum Gasteiger partial charge on any atom is 0.249 e. The Morgan fingerprint density at radius 1 is 1.50 bits per heavy atom. The Kier molecular flexibility index (Phi) is 4.72. The van der Waals surface area contributed by atoms with Crippen molar-refractivity contribution in [3.05, 3.63) is 35.4 Å². The van der Waals surface area contributed by atoms with Crippen molar-refractivity contribution in [3.8, 4) is 6.07 Å². The zero-order valence-corrected chi connectivity index (χ0v) is 11.5. The SMILES string of the molecule is CC(NC(=O)C1CCC(CN)O1)c1ccc(C#N)cc1. The summed E-state index contributed by atoms with van der Waals surface area (Å²) in [4.78, 5) is 12.1. The summed E-state index contributed by atoms with van der Waals surface area (Å²) in [6.07, 6.45) is 1.15. The highest BCUT2D eigenvalue weighted by Crippen LogP contribution is 2.20. The first-order valence-electron chi connectivity index (χ1n) is 6.80. The van der Waals surface area contributed by atoms with E-state index in [1.807, 2.05) is 19.1 Å². The van der Waals surface area contributed by atoms with Crippen LogP contribution in [0.4, 0.5) is 0 Å². The van der Waals surface area contributed by atoms with Gasteiger partial charge in [-0.05, 0) is 37.5 Å². The van der Waals surface area contributed by atoms with Crippen LogP contribution in [0, 0.1) is 11.3 Å². The lowest BCUT2D eigenvalue weighted by atomic mass is 10.1. The summed E-state index contributed by atoms with van der Waals surface area (Å²) in [6.45, 7) is 2.36. The molecular formula is C15H19N3O2. The zero-order chi connectivity index (χ0) is 14.5. The van der Waals surface area contributed by atoms with Gasteiger partial charge in [0.15, 0.2) is 0 Å². The van der Waals surface area contributed by atoms with E-state index in [1.165, 1.54) is 0 Å². The van der Waals surface area contributed by atoms with Gasteiger partial charge in [-0.3, -0.25) is 4.79 Å². The van der Waals surface area contributed by atoms with Crippen LogP contribution in [0.1, 0.15) is 36.9 Å². The number of amides is 1. The first-order valence-corrected chi connectivity index (χ1v) is 6.80. The molecule has 0 radical (unpaired) electrons. The normalized spacial score (nSPS) is 23.1. The molecule has 5 nitrogen and oxygen atoms in total. The fourth-order valence-corrected chi connectivity index (χ4v) is 2.31. The standard InChI is InChI=1S/C15H19N3O2/c1-10(12-4-2-11(8-16)3-5-12)18-15(19)14-7-6-13(9-17)20-14/h2-5,10,13-14H,6-7,9,17H2,1H3,(H,18,19). The van der Waals surface area contributed by atoms with E-state index in [-0.39, 0.29) is 18.1 Å². The molecule has 3 atom stereocenters. The summed E-state index contributed by atoms with van der Waals surface area (Å²) in [7, 11) is 0. The van der Waals surface area contributed by atoms with Crippen LogP contribution in [-0.2, 0) is 9.53 Å². The predicted molar refractivity (Wildman–Crippen MR) is 74.7 cm³/mol. The average molecular weight is 273 g/mol. The Hall–Kier alpha value is -1.90. The quantitative estimate of drug-likeness (QED) is 0.864. The molecule has 0 aromatic heterocycles. The van der Waals surface area contributed by atoms with Gasteiger partial charge in [0, 0.05) is 6.54 Å². The minimum atomic E-state index is -0.399. The van der Waals surface area contributed by atoms with Crippen LogP contribution in [0.15, 0.2) is 24.3 Å². The minimum absolute atomic E-state index is 0.00373. The molecule has 1 saturated heterocycles. The summed E-state index contributed by atoms with van der Waals surface area (Å²) in [5, 5.41) is 11.7. The van der Waals surface area contributed by atoms with Crippen LogP contribution in [-0.4, -0.2) is 24.7 Å². The second-order valence-corrected chi connectivity index (χ2v) is 5.02. The number of hydrogen-bond donors (Lipinski definition) is 2. The molecule has 106 valence electrons. The smallest absolute Gasteiger partial charge is 0.249 e. The summed E-state index contributed by atoms with van der Waals surface area (Å²) >= 11 is 0. The number of nitrogens with one attached hydrogen (secondary N) is 1. The summed E-state index contributed by atoms with van der Waals surface area (Å²) in [5.74, 6) is -0.0993. The van der Waals surface area contributed by atoms with E-state index >= 15 is 0 Å². The van der Waals surface area contributed by atoms with Gasteiger partial charge in [0.05, 0.1) is 23.8 Å². The second kappa shape index (κ2) is 6.51. The number of nitrogens with zero attached hydrogens (tertiary/aromatic N) is 1. The van der Waals surface area contributed by atoms with Gasteiger partial charge >= 0.3 is 0 Å². The number of ether oxygens (including phenoxy) is 1. The van der Waals surface area contributed by atoms with E-state index in [0.29, 0.717) is 18.5 Å². The Morgan fingerprint density at radius 3 is 2.75 bits per heavy atom. The van der Waals surface area contributed by atoms with Crippen molar-refractivity contribution in [1.29, 1.82) is 5.26 Å². The lowest BCUT2D eigenvalue weighted by Gasteiger charge is -2.18. The molecule has 20 heavy (non-hydrogen) atoms. The van der Waals surface area contributed by atoms with Gasteiger partial charge < -0.3 is 15.8 Å². The van der Waals surface area contributed by atoms with Gasteiger partial charge in [0.1, 0.15) is 6.10 Å². The van der Waals surface area contributed by atoms with Gasteiger partial charge in [-0.25, -0.2) is 0 Å². The molecule has 1 fully saturated rings. The van der Waals surface area contributed by atoms with E-state index in [9.17, 15) is 4.79 Å². The topological polar surface area (TPSA) is 88.1 Å². The molecule has 1 aromatic carbocycles. The number of carbonyl (C=O) groups excluding carboxylic acids is 1. The molecule has 3 N–H and O–H groups in total. The van der Waals surface area contributed by atoms with Crippen LogP contribution in [0.5, 0.6) is 0 Å². The number of nitriles is 1. The Balaban J connectivity index is 1.92. The molecule has 1 amide bonds. The fourth-order valence-electron chi connectivity index (χ4n) is 2.31. The van der Waals surface area contributed by atoms with E-state index in [1.54, 1.807) is 12.1 Å². The first kappa shape index (κ1) is 14.5. The average Bonchev–Trinajstić information content (AvgIpc) is 2.96. The van der Waals surface area contributed by atoms with Crippen molar-refractivity contribution in [2.75, 3.05) is 6.54 Å². The van der Waals surface area contributed by atoms with Crippen molar-refractivity contribution >= 4 is 5.91 Å². The van der Waals surface area contributed by atoms with Gasteiger partial charge in [0.25, 0.3) is 0 Å². The lowest BCUT2D eigenvalue weighted by Crippen LogP contribution is -2.36. The van der Waals surface area contributed by atoms with E-state index in [0.717, 1.165) is 12.0 Å². The first-order chi connectivity index (χ1) is 9.63. The molecule has 2 rings (SSSR count). The highest BCUT2D eigenvalue weighted by Gasteiger charge is 2.30. The number of rotatable bonds is 4. The zero-order valence-electron chi connectivity index (χ0n) is 11.5. The van der Waals surface area contributed by atoms with Gasteiger partial charge in [-0.15, -0.1) is 0 Å². The second-order valence-electron chi connectivity index (χ2n) is 5.02. The number of nitrogens with two attached hydrogens (primary N) is 1. The third kappa shape index (κ3) is 3.35. The highest BCUT2D eigenvalue weighted by atomic mass is 16.5. The number of carbonyl (C=O) groups is 1. The number of benzene rings is 1. The molecule has 0 saturated carbocycles. The maximum atomic E-state index is 12.1.